The Bertz CT molecular complexity index is 837. The summed E-state index contributed by atoms with van der Waals surface area (Å²) in [5.41, 5.74) is -0.308. The maximum Gasteiger partial charge on any atom is 0.337 e. The number of methoxy groups -OCH3 is 1. The Morgan fingerprint density at radius 1 is 1.25 bits per heavy atom. The van der Waals surface area contributed by atoms with Gasteiger partial charge >= 0.3 is 11.7 Å². The number of nitro groups is 1. The third-order valence-corrected chi connectivity index (χ3v) is 3.42. The summed E-state index contributed by atoms with van der Waals surface area (Å²) in [6.45, 7) is 0. The number of hydrogen-bond acceptors (Lipinski definition) is 5. The highest BCUT2D eigenvalue weighted by molar-refractivity contribution is 6.33. The van der Waals surface area contributed by atoms with Crippen molar-refractivity contribution in [3.63, 3.8) is 0 Å². The lowest BCUT2D eigenvalue weighted by atomic mass is 10.1. The number of aromatic carboxylic acids is 1. The number of halogens is 1. The Kier molecular flexibility index (Phi) is 5.00. The van der Waals surface area contributed by atoms with Crippen molar-refractivity contribution in [3.8, 4) is 5.75 Å². The molecular weight excluding hydrogens is 340 g/mol. The minimum absolute atomic E-state index is 0.0225. The summed E-state index contributed by atoms with van der Waals surface area (Å²) in [6, 6.07) is 7.68. The molecule has 8 nitrogen and oxygen atoms in total. The summed E-state index contributed by atoms with van der Waals surface area (Å²) < 4.78 is 4.86. The predicted octanol–water partition coefficient (Wildman–Crippen LogP) is 3.21. The maximum absolute atomic E-state index is 12.2. The van der Waals surface area contributed by atoms with Crippen molar-refractivity contribution in [3.05, 3.63) is 62.7 Å². The van der Waals surface area contributed by atoms with Crippen LogP contribution in [0.1, 0.15) is 20.7 Å². The van der Waals surface area contributed by atoms with Gasteiger partial charge in [-0.2, -0.15) is 0 Å². The summed E-state index contributed by atoms with van der Waals surface area (Å²) in [6.07, 6.45) is 0. The van der Waals surface area contributed by atoms with Gasteiger partial charge in [-0.3, -0.25) is 14.9 Å². The summed E-state index contributed by atoms with van der Waals surface area (Å²) in [7, 11) is 1.28. The number of carbonyl (C=O) groups excluding carboxylic acids is 1. The molecule has 24 heavy (non-hydrogen) atoms. The average Bonchev–Trinajstić information content (AvgIpc) is 2.55. The molecule has 0 radical (unpaired) electrons. The van der Waals surface area contributed by atoms with Gasteiger partial charge in [0.15, 0.2) is 5.75 Å². The zero-order valence-corrected chi connectivity index (χ0v) is 13.0. The van der Waals surface area contributed by atoms with Crippen LogP contribution in [-0.4, -0.2) is 29.0 Å². The SMILES string of the molecule is COc1ccc(C(=O)Nc2ccc(Cl)c(C(=O)O)c2)cc1[N+](=O)[O-]. The molecule has 0 saturated carbocycles. The topological polar surface area (TPSA) is 119 Å². The van der Waals surface area contributed by atoms with Crippen molar-refractivity contribution in [2.45, 2.75) is 0 Å². The summed E-state index contributed by atoms with van der Waals surface area (Å²) >= 11 is 5.75. The van der Waals surface area contributed by atoms with Crippen LogP contribution >= 0.6 is 11.6 Å². The number of nitro benzene ring substituents is 1. The van der Waals surface area contributed by atoms with Gasteiger partial charge in [0.25, 0.3) is 5.91 Å². The molecule has 0 bridgehead atoms. The highest BCUT2D eigenvalue weighted by Gasteiger charge is 2.18. The number of benzene rings is 2. The monoisotopic (exact) mass is 350 g/mol. The first-order valence-electron chi connectivity index (χ1n) is 6.50. The Morgan fingerprint density at radius 2 is 1.96 bits per heavy atom. The van der Waals surface area contributed by atoms with Gasteiger partial charge < -0.3 is 15.2 Å². The molecule has 2 aromatic carbocycles. The van der Waals surface area contributed by atoms with E-state index in [1.165, 1.54) is 37.4 Å². The average molecular weight is 351 g/mol. The fourth-order valence-electron chi connectivity index (χ4n) is 1.94. The lowest BCUT2D eigenvalue weighted by Gasteiger charge is -2.08. The Hall–Kier alpha value is -3.13. The largest absolute Gasteiger partial charge is 0.490 e. The quantitative estimate of drug-likeness (QED) is 0.631. The van der Waals surface area contributed by atoms with Crippen molar-refractivity contribution < 1.29 is 24.4 Å². The van der Waals surface area contributed by atoms with Gasteiger partial charge in [0, 0.05) is 17.3 Å². The first-order valence-corrected chi connectivity index (χ1v) is 6.88. The van der Waals surface area contributed by atoms with Gasteiger partial charge in [-0.25, -0.2) is 4.79 Å². The summed E-state index contributed by atoms with van der Waals surface area (Å²) in [5, 5.41) is 22.5. The molecule has 124 valence electrons. The molecular formula is C15H11ClN2O6. The number of rotatable bonds is 5. The normalized spacial score (nSPS) is 10.1. The lowest BCUT2D eigenvalue weighted by molar-refractivity contribution is -0.385. The highest BCUT2D eigenvalue weighted by atomic mass is 35.5. The van der Waals surface area contributed by atoms with Crippen LogP contribution in [0.3, 0.4) is 0 Å². The second kappa shape index (κ2) is 6.97. The minimum atomic E-state index is -1.24. The van der Waals surface area contributed by atoms with E-state index in [0.29, 0.717) is 0 Å². The van der Waals surface area contributed by atoms with Crippen molar-refractivity contribution in [2.24, 2.45) is 0 Å². The van der Waals surface area contributed by atoms with Gasteiger partial charge in [0.05, 0.1) is 22.6 Å². The molecule has 9 heteroatoms. The van der Waals surface area contributed by atoms with Gasteiger partial charge in [-0.05, 0) is 30.3 Å². The molecule has 0 aliphatic carbocycles. The molecule has 0 heterocycles. The third-order valence-electron chi connectivity index (χ3n) is 3.09. The van der Waals surface area contributed by atoms with Crippen molar-refractivity contribution >= 4 is 34.9 Å². The molecule has 2 rings (SSSR count). The van der Waals surface area contributed by atoms with Crippen molar-refractivity contribution in [1.29, 1.82) is 0 Å². The molecule has 0 aromatic heterocycles. The van der Waals surface area contributed by atoms with Crippen LogP contribution in [0.25, 0.3) is 0 Å². The first-order chi connectivity index (χ1) is 11.3. The van der Waals surface area contributed by atoms with E-state index in [4.69, 9.17) is 21.4 Å². The number of nitrogens with zero attached hydrogens (tertiary/aromatic N) is 1. The zero-order chi connectivity index (χ0) is 17.9. The molecule has 0 aliphatic rings. The number of carboxylic acids is 1. The van der Waals surface area contributed by atoms with E-state index < -0.39 is 16.8 Å². The zero-order valence-electron chi connectivity index (χ0n) is 12.3. The summed E-state index contributed by atoms with van der Waals surface area (Å²) in [4.78, 5) is 33.6. The standard InChI is InChI=1S/C15H11ClN2O6/c1-24-13-5-2-8(6-12(13)18(22)23)14(19)17-9-3-4-11(16)10(7-9)15(20)21/h2-7H,1H3,(H,17,19)(H,20,21). The number of nitrogens with one attached hydrogen (secondary N) is 1. The predicted molar refractivity (Wildman–Crippen MR) is 86.0 cm³/mol. The van der Waals surface area contributed by atoms with Gasteiger partial charge in [-0.15, -0.1) is 0 Å². The first kappa shape index (κ1) is 17.2. The van der Waals surface area contributed by atoms with Crippen LogP contribution in [0.4, 0.5) is 11.4 Å². The molecule has 0 aliphatic heterocycles. The fraction of sp³-hybridized carbons (Fsp3) is 0.0667. The van der Waals surface area contributed by atoms with Crippen molar-refractivity contribution in [2.75, 3.05) is 12.4 Å². The number of anilines is 1. The van der Waals surface area contributed by atoms with Crippen LogP contribution in [0.5, 0.6) is 5.75 Å². The molecule has 1 amide bonds. The Morgan fingerprint density at radius 3 is 2.54 bits per heavy atom. The number of carboxylic acid groups (broad SMARTS) is 1. The third kappa shape index (κ3) is 3.61. The molecule has 0 fully saturated rings. The van der Waals surface area contributed by atoms with Gasteiger partial charge in [-0.1, -0.05) is 11.6 Å². The van der Waals surface area contributed by atoms with E-state index >= 15 is 0 Å². The van der Waals surface area contributed by atoms with E-state index in [1.807, 2.05) is 0 Å². The minimum Gasteiger partial charge on any atom is -0.490 e. The van der Waals surface area contributed by atoms with Crippen LogP contribution in [0.15, 0.2) is 36.4 Å². The number of ether oxygens (including phenoxy) is 1. The van der Waals surface area contributed by atoms with E-state index in [2.05, 4.69) is 5.32 Å². The Labute approximate surface area is 140 Å². The molecule has 0 atom stereocenters. The molecule has 2 N–H and O–H groups in total. The lowest BCUT2D eigenvalue weighted by Crippen LogP contribution is -2.13. The number of carbonyl (C=O) groups is 2. The van der Waals surface area contributed by atoms with E-state index in [0.717, 1.165) is 6.07 Å². The van der Waals surface area contributed by atoms with Crippen LogP contribution in [0.2, 0.25) is 5.02 Å². The molecule has 2 aromatic rings. The number of hydrogen-bond donors (Lipinski definition) is 2. The smallest absolute Gasteiger partial charge is 0.337 e. The van der Waals surface area contributed by atoms with Gasteiger partial charge in [0.2, 0.25) is 0 Å². The molecule has 0 spiro atoms. The van der Waals surface area contributed by atoms with Crippen molar-refractivity contribution in [1.82, 2.24) is 0 Å². The van der Waals surface area contributed by atoms with Gasteiger partial charge in [0.1, 0.15) is 0 Å². The van der Waals surface area contributed by atoms with Crippen LogP contribution in [-0.2, 0) is 0 Å². The van der Waals surface area contributed by atoms with E-state index in [-0.39, 0.29) is 33.3 Å². The number of amides is 1. The van der Waals surface area contributed by atoms with Crippen LogP contribution < -0.4 is 10.1 Å². The summed E-state index contributed by atoms with van der Waals surface area (Å²) in [5.74, 6) is -1.85. The Balaban J connectivity index is 2.30. The fourth-order valence-corrected chi connectivity index (χ4v) is 2.14. The van der Waals surface area contributed by atoms with Crippen LogP contribution in [0, 0.1) is 10.1 Å². The van der Waals surface area contributed by atoms with E-state index in [9.17, 15) is 19.7 Å². The molecule has 0 unspecified atom stereocenters. The second-order valence-electron chi connectivity index (χ2n) is 4.60. The highest BCUT2D eigenvalue weighted by Crippen LogP contribution is 2.28. The maximum atomic E-state index is 12.2. The van der Waals surface area contributed by atoms with E-state index in [1.54, 1.807) is 0 Å². The molecule has 0 saturated heterocycles. The second-order valence-corrected chi connectivity index (χ2v) is 5.00.